The number of hydrogen-bond donors (Lipinski definition) is 1. The summed E-state index contributed by atoms with van der Waals surface area (Å²) in [6, 6.07) is 14.5. The molecule has 0 saturated carbocycles. The second kappa shape index (κ2) is 7.27. The van der Waals surface area contributed by atoms with E-state index in [1.165, 1.54) is 23.6 Å². The van der Waals surface area contributed by atoms with Gasteiger partial charge in [-0.15, -0.1) is 0 Å². The fraction of sp³-hybridized carbons (Fsp3) is 0.273. The number of aryl methyl sites for hydroxylation is 1. The van der Waals surface area contributed by atoms with E-state index in [1.54, 1.807) is 6.07 Å². The lowest BCUT2D eigenvalue weighted by molar-refractivity contribution is 0.597. The van der Waals surface area contributed by atoms with Crippen LogP contribution in [0.2, 0.25) is 0 Å². The zero-order valence-electron chi connectivity index (χ0n) is 15.3. The number of hydrogen-bond acceptors (Lipinski definition) is 3. The standard InChI is InChI=1S/C22H22N2O3/c1-2-3-4-6-9-15-12-16-13-18-21(27-20(16)14-19(15)25)23-24(22(18)26)17-10-7-5-8-11-17/h5,7-8,10-14,23H,2-4,6,9H2,1H3. The Hall–Kier alpha value is -3.08. The van der Waals surface area contributed by atoms with Crippen molar-refractivity contribution < 1.29 is 4.42 Å². The lowest BCUT2D eigenvalue weighted by Gasteiger charge is -2.07. The SMILES string of the molecule is CCCCCCc1cc2cc3c(=O)n(-c4ccccc4)[nH]c3oc-2cc1=O. The molecule has 0 radical (unpaired) electrons. The molecule has 1 aliphatic carbocycles. The van der Waals surface area contributed by atoms with Crippen LogP contribution in [0.25, 0.3) is 28.1 Å². The topological polar surface area (TPSA) is 68.0 Å². The highest BCUT2D eigenvalue weighted by Crippen LogP contribution is 2.26. The van der Waals surface area contributed by atoms with Crippen LogP contribution < -0.4 is 11.0 Å². The van der Waals surface area contributed by atoms with Gasteiger partial charge in [-0.2, -0.15) is 0 Å². The molecule has 2 aliphatic rings. The summed E-state index contributed by atoms with van der Waals surface area (Å²) in [6.45, 7) is 2.17. The first-order chi connectivity index (χ1) is 13.2. The Labute approximate surface area is 156 Å². The lowest BCUT2D eigenvalue weighted by atomic mass is 10.0. The Morgan fingerprint density at radius 1 is 1.00 bits per heavy atom. The molecule has 1 aromatic carbocycles. The molecule has 4 rings (SSSR count). The largest absolute Gasteiger partial charge is 0.438 e. The van der Waals surface area contributed by atoms with Crippen molar-refractivity contribution in [3.63, 3.8) is 0 Å². The van der Waals surface area contributed by atoms with Gasteiger partial charge in [0.15, 0.2) is 5.43 Å². The van der Waals surface area contributed by atoms with Crippen LogP contribution in [0, 0.1) is 0 Å². The molecule has 1 aromatic heterocycles. The number of H-pyrrole nitrogens is 1. The molecular weight excluding hydrogens is 340 g/mol. The molecule has 5 nitrogen and oxygen atoms in total. The van der Waals surface area contributed by atoms with Crippen molar-refractivity contribution in [3.05, 3.63) is 74.7 Å². The number of fused-ring (bicyclic) bond motifs is 2. The summed E-state index contributed by atoms with van der Waals surface area (Å²) in [5.74, 6) is 0.492. The highest BCUT2D eigenvalue weighted by atomic mass is 16.3. The molecule has 1 N–H and O–H groups in total. The summed E-state index contributed by atoms with van der Waals surface area (Å²) in [6.07, 6.45) is 5.23. The number of nitrogens with zero attached hydrogens (tertiary/aromatic N) is 1. The van der Waals surface area contributed by atoms with Crippen LogP contribution in [-0.2, 0) is 6.42 Å². The lowest BCUT2D eigenvalue weighted by Crippen LogP contribution is -2.14. The van der Waals surface area contributed by atoms with Gasteiger partial charge in [0.25, 0.3) is 5.56 Å². The zero-order valence-corrected chi connectivity index (χ0v) is 15.3. The average Bonchev–Trinajstić information content (AvgIpc) is 3.00. The molecule has 0 bridgehead atoms. The van der Waals surface area contributed by atoms with Crippen LogP contribution >= 0.6 is 0 Å². The van der Waals surface area contributed by atoms with Crippen molar-refractivity contribution in [3.8, 4) is 17.0 Å². The van der Waals surface area contributed by atoms with E-state index in [0.29, 0.717) is 16.9 Å². The van der Waals surface area contributed by atoms with Crippen molar-refractivity contribution in [1.82, 2.24) is 9.78 Å². The van der Waals surface area contributed by atoms with Crippen molar-refractivity contribution in [2.75, 3.05) is 0 Å². The normalized spacial score (nSPS) is 11.4. The number of unbranched alkanes of at least 4 members (excludes halogenated alkanes) is 3. The van der Waals surface area contributed by atoms with Gasteiger partial charge in [-0.1, -0.05) is 44.4 Å². The molecule has 27 heavy (non-hydrogen) atoms. The number of aromatic nitrogens is 2. The van der Waals surface area contributed by atoms with E-state index >= 15 is 0 Å². The number of benzene rings is 2. The molecule has 2 heterocycles. The second-order valence-corrected chi connectivity index (χ2v) is 6.89. The molecule has 0 saturated heterocycles. The fourth-order valence-corrected chi connectivity index (χ4v) is 3.42. The Morgan fingerprint density at radius 2 is 1.81 bits per heavy atom. The Balaban J connectivity index is 1.78. The van der Waals surface area contributed by atoms with E-state index in [0.717, 1.165) is 36.1 Å². The zero-order chi connectivity index (χ0) is 18.8. The van der Waals surface area contributed by atoms with Gasteiger partial charge in [0, 0.05) is 17.2 Å². The summed E-state index contributed by atoms with van der Waals surface area (Å²) in [7, 11) is 0. The summed E-state index contributed by atoms with van der Waals surface area (Å²) < 4.78 is 7.29. The molecule has 0 spiro atoms. The number of nitrogens with one attached hydrogen (secondary N) is 1. The summed E-state index contributed by atoms with van der Waals surface area (Å²) in [4.78, 5) is 25.2. The van der Waals surface area contributed by atoms with E-state index < -0.39 is 0 Å². The van der Waals surface area contributed by atoms with Gasteiger partial charge < -0.3 is 4.42 Å². The molecule has 1 aliphatic heterocycles. The Morgan fingerprint density at radius 3 is 2.59 bits per heavy atom. The van der Waals surface area contributed by atoms with Crippen molar-refractivity contribution >= 4 is 11.1 Å². The van der Waals surface area contributed by atoms with E-state index in [4.69, 9.17) is 4.42 Å². The third kappa shape index (κ3) is 3.33. The van der Waals surface area contributed by atoms with Crippen molar-refractivity contribution in [1.29, 1.82) is 0 Å². The fourth-order valence-electron chi connectivity index (χ4n) is 3.42. The van der Waals surface area contributed by atoms with E-state index in [-0.39, 0.29) is 11.0 Å². The first-order valence-corrected chi connectivity index (χ1v) is 9.44. The molecule has 0 fully saturated rings. The van der Waals surface area contributed by atoms with Gasteiger partial charge in [-0.25, -0.2) is 4.68 Å². The maximum absolute atomic E-state index is 12.8. The summed E-state index contributed by atoms with van der Waals surface area (Å²) in [5, 5.41) is 3.46. The highest BCUT2D eigenvalue weighted by molar-refractivity contribution is 5.80. The van der Waals surface area contributed by atoms with Crippen LogP contribution in [-0.4, -0.2) is 9.78 Å². The monoisotopic (exact) mass is 362 g/mol. The number of aromatic amines is 1. The van der Waals surface area contributed by atoms with E-state index in [2.05, 4.69) is 12.0 Å². The van der Waals surface area contributed by atoms with E-state index in [1.807, 2.05) is 36.4 Å². The van der Waals surface area contributed by atoms with Crippen LogP contribution in [0.1, 0.15) is 38.2 Å². The first kappa shape index (κ1) is 17.3. The molecule has 5 heteroatoms. The Kier molecular flexibility index (Phi) is 4.67. The maximum Gasteiger partial charge on any atom is 0.282 e. The molecule has 0 atom stereocenters. The predicted octanol–water partition coefficient (Wildman–Crippen LogP) is 4.50. The maximum atomic E-state index is 12.8. The first-order valence-electron chi connectivity index (χ1n) is 9.44. The molecule has 2 aromatic rings. The smallest absolute Gasteiger partial charge is 0.282 e. The van der Waals surface area contributed by atoms with Crippen molar-refractivity contribution in [2.24, 2.45) is 0 Å². The molecular formula is C22H22N2O3. The minimum absolute atomic E-state index is 0.00747. The predicted molar refractivity (Wildman–Crippen MR) is 107 cm³/mol. The van der Waals surface area contributed by atoms with Crippen LogP contribution in [0.4, 0.5) is 0 Å². The summed E-state index contributed by atoms with van der Waals surface area (Å²) in [5.41, 5.74) is 2.49. The third-order valence-electron chi connectivity index (χ3n) is 4.91. The molecule has 0 amide bonds. The summed E-state index contributed by atoms with van der Waals surface area (Å²) >= 11 is 0. The van der Waals surface area contributed by atoms with Crippen LogP contribution in [0.15, 0.2) is 62.5 Å². The van der Waals surface area contributed by atoms with E-state index in [9.17, 15) is 9.59 Å². The van der Waals surface area contributed by atoms with Gasteiger partial charge >= 0.3 is 0 Å². The van der Waals surface area contributed by atoms with Crippen LogP contribution in [0.5, 0.6) is 0 Å². The molecule has 138 valence electrons. The highest BCUT2D eigenvalue weighted by Gasteiger charge is 2.16. The minimum atomic E-state index is -0.169. The van der Waals surface area contributed by atoms with Crippen molar-refractivity contribution in [2.45, 2.75) is 39.0 Å². The second-order valence-electron chi connectivity index (χ2n) is 6.89. The quantitative estimate of drug-likeness (QED) is 0.514. The van der Waals surface area contributed by atoms with Gasteiger partial charge in [0.05, 0.1) is 5.69 Å². The molecule has 0 unspecified atom stereocenters. The minimum Gasteiger partial charge on any atom is -0.438 e. The van der Waals surface area contributed by atoms with Gasteiger partial charge in [0.1, 0.15) is 11.1 Å². The Bertz CT molecular complexity index is 1150. The van der Waals surface area contributed by atoms with Crippen LogP contribution in [0.3, 0.4) is 0 Å². The number of para-hydroxylation sites is 1. The van der Waals surface area contributed by atoms with Gasteiger partial charge in [-0.05, 0) is 37.1 Å². The van der Waals surface area contributed by atoms with Gasteiger partial charge in [0.2, 0.25) is 5.71 Å². The average molecular weight is 362 g/mol. The van der Waals surface area contributed by atoms with Gasteiger partial charge in [-0.3, -0.25) is 14.7 Å². The number of rotatable bonds is 6. The third-order valence-corrected chi connectivity index (χ3v) is 4.91.